The predicted octanol–water partition coefficient (Wildman–Crippen LogP) is 2.55. The highest BCUT2D eigenvalue weighted by Crippen LogP contribution is 2.18. The lowest BCUT2D eigenvalue weighted by Gasteiger charge is -2.15. The first-order valence-electron chi connectivity index (χ1n) is 4.91. The number of aromatic nitrogens is 2. The summed E-state index contributed by atoms with van der Waals surface area (Å²) in [6.07, 6.45) is 4.31. The molecule has 0 saturated heterocycles. The van der Waals surface area contributed by atoms with Crippen LogP contribution in [0.1, 0.15) is 26.5 Å². The number of carbonyl (C=O) groups excluding carboxylic acids is 1. The molecule has 3 nitrogen and oxygen atoms in total. The Morgan fingerprint density at radius 3 is 2.87 bits per heavy atom. The zero-order valence-corrected chi connectivity index (χ0v) is 9.97. The van der Waals surface area contributed by atoms with Crippen LogP contribution in [0, 0.1) is 5.41 Å². The molecule has 2 rings (SSSR count). The van der Waals surface area contributed by atoms with Crippen molar-refractivity contribution >= 4 is 22.1 Å². The number of ketones is 1. The Morgan fingerprint density at radius 2 is 2.27 bits per heavy atom. The van der Waals surface area contributed by atoms with Crippen molar-refractivity contribution in [2.24, 2.45) is 5.41 Å². The summed E-state index contributed by atoms with van der Waals surface area (Å²) in [5.41, 5.74) is 0.582. The average molecular weight is 222 g/mol. The van der Waals surface area contributed by atoms with Gasteiger partial charge in [-0.15, -0.1) is 11.3 Å². The number of rotatable bonds is 2. The summed E-state index contributed by atoms with van der Waals surface area (Å²) in [5.74, 6) is 0.230. The molecule has 0 N–H and O–H groups in total. The molecule has 0 aromatic carbocycles. The fourth-order valence-corrected chi connectivity index (χ4v) is 2.01. The molecular formula is C11H14N2OS. The second-order valence-corrected chi connectivity index (χ2v) is 5.55. The highest BCUT2D eigenvalue weighted by atomic mass is 32.1. The number of imidazole rings is 1. The Bertz CT molecular complexity index is 461. The number of nitrogens with zero attached hydrogens (tertiary/aromatic N) is 2. The number of fused-ring (bicyclic) bond motifs is 1. The van der Waals surface area contributed by atoms with Crippen molar-refractivity contribution in [1.82, 2.24) is 9.38 Å². The molecule has 80 valence electrons. The Kier molecular flexibility index (Phi) is 2.38. The van der Waals surface area contributed by atoms with E-state index in [1.54, 1.807) is 11.3 Å². The largest absolute Gasteiger partial charge is 0.299 e. The zero-order valence-electron chi connectivity index (χ0n) is 9.15. The average Bonchev–Trinajstić information content (AvgIpc) is 2.61. The molecule has 2 heterocycles. The van der Waals surface area contributed by atoms with Crippen LogP contribution in [0.15, 0.2) is 17.8 Å². The van der Waals surface area contributed by atoms with E-state index in [2.05, 4.69) is 4.98 Å². The monoisotopic (exact) mass is 222 g/mol. The van der Waals surface area contributed by atoms with Gasteiger partial charge >= 0.3 is 0 Å². The first-order chi connectivity index (χ1) is 6.97. The van der Waals surface area contributed by atoms with E-state index in [1.165, 1.54) is 0 Å². The summed E-state index contributed by atoms with van der Waals surface area (Å²) in [5, 5.41) is 1.98. The van der Waals surface area contributed by atoms with E-state index in [0.717, 1.165) is 10.7 Å². The zero-order chi connectivity index (χ0) is 11.1. The van der Waals surface area contributed by atoms with Gasteiger partial charge in [-0.25, -0.2) is 4.98 Å². The molecule has 2 aromatic heterocycles. The van der Waals surface area contributed by atoms with Crippen molar-refractivity contribution in [2.45, 2.75) is 27.2 Å². The summed E-state index contributed by atoms with van der Waals surface area (Å²) < 4.78 is 1.95. The van der Waals surface area contributed by atoms with Crippen LogP contribution in [0.3, 0.4) is 0 Å². The van der Waals surface area contributed by atoms with Gasteiger partial charge in [-0.2, -0.15) is 0 Å². The third kappa shape index (κ3) is 2.09. The lowest BCUT2D eigenvalue weighted by atomic mass is 9.88. The molecule has 0 aliphatic carbocycles. The van der Waals surface area contributed by atoms with Gasteiger partial charge in [0.1, 0.15) is 5.78 Å². The Labute approximate surface area is 92.8 Å². The highest BCUT2D eigenvalue weighted by molar-refractivity contribution is 7.15. The maximum absolute atomic E-state index is 11.8. The topological polar surface area (TPSA) is 34.4 Å². The van der Waals surface area contributed by atoms with E-state index in [4.69, 9.17) is 0 Å². The van der Waals surface area contributed by atoms with Crippen LogP contribution in [-0.4, -0.2) is 15.2 Å². The molecular weight excluding hydrogens is 208 g/mol. The third-order valence-corrected chi connectivity index (χ3v) is 3.09. The maximum atomic E-state index is 11.8. The molecule has 0 aliphatic rings. The first kappa shape index (κ1) is 10.4. The summed E-state index contributed by atoms with van der Waals surface area (Å²) >= 11 is 1.58. The van der Waals surface area contributed by atoms with Crippen molar-refractivity contribution in [1.29, 1.82) is 0 Å². The molecule has 0 unspecified atom stereocenters. The van der Waals surface area contributed by atoms with E-state index in [1.807, 2.05) is 42.9 Å². The Balaban J connectivity index is 2.20. The van der Waals surface area contributed by atoms with Crippen LogP contribution in [-0.2, 0) is 11.2 Å². The second kappa shape index (κ2) is 3.45. The van der Waals surface area contributed by atoms with Crippen LogP contribution in [0.2, 0.25) is 0 Å². The Morgan fingerprint density at radius 1 is 1.53 bits per heavy atom. The number of thiazole rings is 1. The highest BCUT2D eigenvalue weighted by Gasteiger charge is 2.22. The molecule has 0 fully saturated rings. The van der Waals surface area contributed by atoms with E-state index < -0.39 is 0 Å². The van der Waals surface area contributed by atoms with Gasteiger partial charge in [-0.05, 0) is 0 Å². The number of Topliss-reactive ketones (excluding diaryl/α,β-unsaturated/α-hetero) is 1. The molecule has 0 aliphatic heterocycles. The van der Waals surface area contributed by atoms with Crippen molar-refractivity contribution in [3.05, 3.63) is 23.5 Å². The molecule has 2 aromatic rings. The van der Waals surface area contributed by atoms with Gasteiger partial charge in [0.05, 0.1) is 12.1 Å². The SMILES string of the molecule is CC(C)(C)C(=O)Cc1cn2ccsc2n1. The minimum atomic E-state index is -0.281. The molecule has 0 saturated carbocycles. The van der Waals surface area contributed by atoms with Gasteiger partial charge in [0.25, 0.3) is 0 Å². The fraction of sp³-hybridized carbons (Fsp3) is 0.455. The van der Waals surface area contributed by atoms with Crippen LogP contribution in [0.4, 0.5) is 0 Å². The van der Waals surface area contributed by atoms with E-state index >= 15 is 0 Å². The third-order valence-electron chi connectivity index (χ3n) is 2.32. The maximum Gasteiger partial charge on any atom is 0.193 e. The number of hydrogen-bond donors (Lipinski definition) is 0. The summed E-state index contributed by atoms with van der Waals surface area (Å²) in [6.45, 7) is 5.81. The molecule has 0 bridgehead atoms. The molecule has 4 heteroatoms. The van der Waals surface area contributed by atoms with E-state index in [9.17, 15) is 4.79 Å². The lowest BCUT2D eigenvalue weighted by molar-refractivity contribution is -0.125. The van der Waals surface area contributed by atoms with Gasteiger partial charge in [0, 0.05) is 23.2 Å². The molecule has 0 atom stereocenters. The van der Waals surface area contributed by atoms with Crippen molar-refractivity contribution in [2.75, 3.05) is 0 Å². The van der Waals surface area contributed by atoms with Crippen molar-refractivity contribution in [3.63, 3.8) is 0 Å². The van der Waals surface area contributed by atoms with Crippen molar-refractivity contribution < 1.29 is 4.79 Å². The van der Waals surface area contributed by atoms with Crippen LogP contribution in [0.5, 0.6) is 0 Å². The van der Waals surface area contributed by atoms with Crippen molar-refractivity contribution in [3.8, 4) is 0 Å². The molecule has 15 heavy (non-hydrogen) atoms. The number of carbonyl (C=O) groups is 1. The van der Waals surface area contributed by atoms with Crippen LogP contribution in [0.25, 0.3) is 4.96 Å². The molecule has 0 spiro atoms. The van der Waals surface area contributed by atoms with Gasteiger partial charge in [-0.1, -0.05) is 20.8 Å². The minimum Gasteiger partial charge on any atom is -0.299 e. The van der Waals surface area contributed by atoms with E-state index in [0.29, 0.717) is 6.42 Å². The smallest absolute Gasteiger partial charge is 0.193 e. The van der Waals surface area contributed by atoms with Gasteiger partial charge in [-0.3, -0.25) is 9.20 Å². The summed E-state index contributed by atoms with van der Waals surface area (Å²) in [6, 6.07) is 0. The number of hydrogen-bond acceptors (Lipinski definition) is 3. The standard InChI is InChI=1S/C11H14N2OS/c1-11(2,3)9(14)6-8-7-13-4-5-15-10(13)12-8/h4-5,7H,6H2,1-3H3. The Hall–Kier alpha value is -1.16. The first-order valence-corrected chi connectivity index (χ1v) is 5.79. The minimum absolute atomic E-state index is 0.230. The normalized spacial score (nSPS) is 12.2. The van der Waals surface area contributed by atoms with Gasteiger partial charge < -0.3 is 0 Å². The van der Waals surface area contributed by atoms with Gasteiger partial charge in [0.15, 0.2) is 4.96 Å². The lowest BCUT2D eigenvalue weighted by Crippen LogP contribution is -2.22. The van der Waals surface area contributed by atoms with Crippen LogP contribution < -0.4 is 0 Å². The molecule has 0 radical (unpaired) electrons. The second-order valence-electron chi connectivity index (χ2n) is 4.68. The quantitative estimate of drug-likeness (QED) is 0.782. The van der Waals surface area contributed by atoms with Gasteiger partial charge in [0.2, 0.25) is 0 Å². The van der Waals surface area contributed by atoms with E-state index in [-0.39, 0.29) is 11.2 Å². The summed E-state index contributed by atoms with van der Waals surface area (Å²) in [4.78, 5) is 17.1. The fourth-order valence-electron chi connectivity index (χ4n) is 1.29. The van der Waals surface area contributed by atoms with Crippen LogP contribution >= 0.6 is 11.3 Å². The summed E-state index contributed by atoms with van der Waals surface area (Å²) in [7, 11) is 0. The molecule has 0 amide bonds. The predicted molar refractivity (Wildman–Crippen MR) is 61.2 cm³/mol.